The third-order valence-corrected chi connectivity index (χ3v) is 9.85. The van der Waals surface area contributed by atoms with Crippen molar-refractivity contribution in [2.75, 3.05) is 72.0 Å². The second-order valence-electron chi connectivity index (χ2n) is 9.43. The fourth-order valence-corrected chi connectivity index (χ4v) is 6.71. The van der Waals surface area contributed by atoms with E-state index in [9.17, 15) is 13.2 Å². The van der Waals surface area contributed by atoms with Crippen LogP contribution in [0.15, 0.2) is 41.3 Å². The van der Waals surface area contributed by atoms with Crippen LogP contribution in [0.25, 0.3) is 10.2 Å². The van der Waals surface area contributed by atoms with Crippen LogP contribution in [0.3, 0.4) is 0 Å². The zero-order valence-electron chi connectivity index (χ0n) is 23.0. The maximum atomic E-state index is 12.7. The predicted molar refractivity (Wildman–Crippen MR) is 155 cm³/mol. The van der Waals surface area contributed by atoms with Crippen LogP contribution in [0.2, 0.25) is 0 Å². The van der Waals surface area contributed by atoms with Crippen LogP contribution in [0.1, 0.15) is 30.1 Å². The highest BCUT2D eigenvalue weighted by atomic mass is 32.2. The van der Waals surface area contributed by atoms with Crippen LogP contribution in [-0.4, -0.2) is 95.6 Å². The molecule has 2 aromatic carbocycles. The van der Waals surface area contributed by atoms with Crippen molar-refractivity contribution in [1.82, 2.24) is 19.5 Å². The second-order valence-corrected chi connectivity index (χ2v) is 12.5. The Morgan fingerprint density at radius 1 is 1.08 bits per heavy atom. The number of unbranched alkanes of at least 4 members (excludes halogenated alkanes) is 1. The number of ether oxygens (including phenoxy) is 2. The second kappa shape index (κ2) is 12.9. The first-order chi connectivity index (χ1) is 18.8. The third kappa shape index (κ3) is 6.63. The highest BCUT2D eigenvalue weighted by Crippen LogP contribution is 2.40. The summed E-state index contributed by atoms with van der Waals surface area (Å²) in [7, 11) is 1.28. The summed E-state index contributed by atoms with van der Waals surface area (Å²) in [4.78, 5) is 22.2. The van der Waals surface area contributed by atoms with Gasteiger partial charge in [-0.3, -0.25) is 9.69 Å². The Hall–Kier alpha value is -2.93. The highest BCUT2D eigenvalue weighted by Gasteiger charge is 2.23. The van der Waals surface area contributed by atoms with Gasteiger partial charge in [-0.2, -0.15) is 0 Å². The van der Waals surface area contributed by atoms with Gasteiger partial charge >= 0.3 is 0 Å². The molecule has 1 aromatic heterocycles. The fourth-order valence-electron chi connectivity index (χ4n) is 4.48. The number of benzene rings is 2. The van der Waals surface area contributed by atoms with E-state index in [1.54, 1.807) is 44.7 Å². The van der Waals surface area contributed by atoms with Gasteiger partial charge in [-0.15, -0.1) is 0 Å². The molecule has 1 N–H and O–H groups in total. The number of fused-ring (bicyclic) bond motifs is 1. The number of carbonyl (C=O) groups is 1. The number of nitrogens with one attached hydrogen (secondary N) is 1. The lowest BCUT2D eigenvalue weighted by molar-refractivity contribution is 0.0947. The van der Waals surface area contributed by atoms with Gasteiger partial charge < -0.3 is 19.7 Å². The number of hydrogen-bond acceptors (Lipinski definition) is 9. The van der Waals surface area contributed by atoms with Gasteiger partial charge in [0.1, 0.15) is 5.52 Å². The maximum Gasteiger partial charge on any atom is 0.251 e. The number of rotatable bonds is 12. The first-order valence-electron chi connectivity index (χ1n) is 13.1. The summed E-state index contributed by atoms with van der Waals surface area (Å²) in [6, 6.07) is 10.0. The molecule has 1 fully saturated rings. The first kappa shape index (κ1) is 29.1. The van der Waals surface area contributed by atoms with E-state index in [1.165, 1.54) is 16.4 Å². The van der Waals surface area contributed by atoms with Crippen molar-refractivity contribution in [3.05, 3.63) is 42.0 Å². The molecule has 1 amide bonds. The van der Waals surface area contributed by atoms with Gasteiger partial charge in [0.2, 0.25) is 10.0 Å². The summed E-state index contributed by atoms with van der Waals surface area (Å²) < 4.78 is 38.7. The van der Waals surface area contributed by atoms with E-state index in [1.807, 2.05) is 19.1 Å². The van der Waals surface area contributed by atoms with Crippen LogP contribution in [0.4, 0.5) is 5.13 Å². The topological polar surface area (TPSA) is 104 Å². The fraction of sp³-hybridized carbons (Fsp3) is 0.481. The van der Waals surface area contributed by atoms with Gasteiger partial charge in [-0.25, -0.2) is 17.7 Å². The number of amides is 1. The number of aromatic nitrogens is 1. The molecule has 0 radical (unpaired) electrons. The molecule has 2 heterocycles. The average molecular weight is 576 g/mol. The Labute approximate surface area is 234 Å². The van der Waals surface area contributed by atoms with E-state index in [2.05, 4.69) is 15.1 Å². The van der Waals surface area contributed by atoms with E-state index < -0.39 is 10.0 Å². The maximum absolute atomic E-state index is 12.7. The van der Waals surface area contributed by atoms with Gasteiger partial charge in [0.25, 0.3) is 5.91 Å². The Balaban J connectivity index is 1.25. The zero-order valence-corrected chi connectivity index (χ0v) is 24.6. The van der Waals surface area contributed by atoms with E-state index in [0.29, 0.717) is 30.2 Å². The van der Waals surface area contributed by atoms with Crippen molar-refractivity contribution in [1.29, 1.82) is 0 Å². The van der Waals surface area contributed by atoms with Crippen molar-refractivity contribution < 1.29 is 22.7 Å². The van der Waals surface area contributed by atoms with Crippen molar-refractivity contribution in [2.45, 2.75) is 24.7 Å². The number of anilines is 1. The lowest BCUT2D eigenvalue weighted by Gasteiger charge is -2.34. The summed E-state index contributed by atoms with van der Waals surface area (Å²) in [5.74, 6) is 1.11. The Morgan fingerprint density at radius 2 is 1.79 bits per heavy atom. The highest BCUT2D eigenvalue weighted by molar-refractivity contribution is 7.89. The molecule has 0 atom stereocenters. The Kier molecular flexibility index (Phi) is 9.65. The standard InChI is InChI=1S/C27H37N5O5S2/c1-5-6-14-30(2)39(34,35)21-9-7-20(8-10-21)26(33)28-13-15-31-16-18-32(19-17-31)27-29-24-23(38-27)12-11-22(36-3)25(24)37-4/h7-12H,5-6,13-19H2,1-4H3,(H,28,33). The Morgan fingerprint density at radius 3 is 2.44 bits per heavy atom. The largest absolute Gasteiger partial charge is 0.493 e. The minimum absolute atomic E-state index is 0.196. The van der Waals surface area contributed by atoms with Crippen molar-refractivity contribution in [2.24, 2.45) is 0 Å². The van der Waals surface area contributed by atoms with Crippen LogP contribution in [-0.2, 0) is 10.0 Å². The van der Waals surface area contributed by atoms with Crippen LogP contribution in [0, 0.1) is 0 Å². The first-order valence-corrected chi connectivity index (χ1v) is 15.4. The number of piperazine rings is 1. The zero-order chi connectivity index (χ0) is 28.0. The van der Waals surface area contributed by atoms with Gasteiger partial charge in [-0.05, 0) is 42.8 Å². The normalized spacial score (nSPS) is 14.6. The molecule has 1 aliphatic heterocycles. The van der Waals surface area contributed by atoms with Crippen molar-refractivity contribution in [3.8, 4) is 11.5 Å². The molecule has 1 saturated heterocycles. The summed E-state index contributed by atoms with van der Waals surface area (Å²) in [6.45, 7) is 7.16. The summed E-state index contributed by atoms with van der Waals surface area (Å²) in [5.41, 5.74) is 1.26. The number of hydrogen-bond donors (Lipinski definition) is 1. The molecule has 12 heteroatoms. The molecule has 4 rings (SSSR count). The molecule has 0 saturated carbocycles. The number of methoxy groups -OCH3 is 2. The van der Waals surface area contributed by atoms with Crippen LogP contribution >= 0.6 is 11.3 Å². The van der Waals surface area contributed by atoms with Gasteiger partial charge in [0.05, 0.1) is 23.8 Å². The van der Waals surface area contributed by atoms with Gasteiger partial charge in [0, 0.05) is 58.4 Å². The molecule has 1 aliphatic rings. The lowest BCUT2D eigenvalue weighted by atomic mass is 10.2. The third-order valence-electron chi connectivity index (χ3n) is 6.90. The minimum Gasteiger partial charge on any atom is -0.493 e. The van der Waals surface area contributed by atoms with Crippen molar-refractivity contribution in [3.63, 3.8) is 0 Å². The number of nitrogens with zero attached hydrogens (tertiary/aromatic N) is 4. The molecule has 3 aromatic rings. The monoisotopic (exact) mass is 575 g/mol. The van der Waals surface area contributed by atoms with Crippen molar-refractivity contribution >= 4 is 42.6 Å². The smallest absolute Gasteiger partial charge is 0.251 e. The minimum atomic E-state index is -3.55. The van der Waals surface area contributed by atoms with Gasteiger partial charge in [0.15, 0.2) is 16.6 Å². The number of carbonyl (C=O) groups excluding carboxylic acids is 1. The molecule has 10 nitrogen and oxygen atoms in total. The molecule has 39 heavy (non-hydrogen) atoms. The molecular formula is C27H37N5O5S2. The van der Waals surface area contributed by atoms with Gasteiger partial charge in [-0.1, -0.05) is 24.7 Å². The molecule has 212 valence electrons. The molecule has 0 bridgehead atoms. The van der Waals surface area contributed by atoms with E-state index in [4.69, 9.17) is 14.5 Å². The summed E-state index contributed by atoms with van der Waals surface area (Å²) >= 11 is 1.64. The van der Waals surface area contributed by atoms with Crippen LogP contribution in [0.5, 0.6) is 11.5 Å². The van der Waals surface area contributed by atoms with E-state index in [-0.39, 0.29) is 10.8 Å². The number of thiazole rings is 1. The molecule has 0 aliphatic carbocycles. The van der Waals surface area contributed by atoms with E-state index in [0.717, 1.165) is 60.9 Å². The predicted octanol–water partition coefficient (Wildman–Crippen LogP) is 3.29. The SMILES string of the molecule is CCCCN(C)S(=O)(=O)c1ccc(C(=O)NCCN2CCN(c3nc4c(OC)c(OC)ccc4s3)CC2)cc1. The summed E-state index contributed by atoms with van der Waals surface area (Å²) in [6.07, 6.45) is 1.72. The lowest BCUT2D eigenvalue weighted by Crippen LogP contribution is -2.48. The summed E-state index contributed by atoms with van der Waals surface area (Å²) in [5, 5.41) is 3.91. The van der Waals surface area contributed by atoms with E-state index >= 15 is 0 Å². The molecule has 0 unspecified atom stereocenters. The quantitative estimate of drug-likeness (QED) is 0.351. The van der Waals surface area contributed by atoms with Crippen LogP contribution < -0.4 is 19.7 Å². The Bertz CT molecular complexity index is 1370. The number of sulfonamides is 1. The average Bonchev–Trinajstić information content (AvgIpc) is 3.40. The molecular weight excluding hydrogens is 538 g/mol. The molecule has 0 spiro atoms.